The fraction of sp³-hybridized carbons (Fsp3) is 0.714. The van der Waals surface area contributed by atoms with Crippen LogP contribution in [0.3, 0.4) is 0 Å². The number of hydrogen-bond donors (Lipinski definition) is 1. The molecule has 2 aliphatic heterocycles. The fourth-order valence-corrected chi connectivity index (χ4v) is 4.22. The molecule has 1 aromatic heterocycles. The third-order valence-corrected chi connectivity index (χ3v) is 6.26. The smallest absolute Gasteiger partial charge is 0.254 e. The van der Waals surface area contributed by atoms with Gasteiger partial charge >= 0.3 is 0 Å². The standard InChI is InChI=1S/C21H31N5O3/c1-15-19(9-22-14-24-15)21(28)23-8-18-12-26(20(27)13-29-18)11-17-4-6-25(7-5-17)10-16-2-3-16/h9,14,16-18H,2-8,10-13H2,1H3,(H,23,28)/t18-/m1/s1. The Morgan fingerprint density at radius 2 is 1.97 bits per heavy atom. The van der Waals surface area contributed by atoms with E-state index >= 15 is 0 Å². The van der Waals surface area contributed by atoms with Crippen LogP contribution in [-0.2, 0) is 9.53 Å². The van der Waals surface area contributed by atoms with E-state index in [1.807, 2.05) is 4.90 Å². The Bertz CT molecular complexity index is 731. The van der Waals surface area contributed by atoms with E-state index in [0.29, 0.717) is 30.3 Å². The maximum absolute atomic E-state index is 12.4. The molecule has 1 N–H and O–H groups in total. The molecule has 0 unspecified atom stereocenters. The van der Waals surface area contributed by atoms with E-state index in [9.17, 15) is 9.59 Å². The lowest BCUT2D eigenvalue weighted by atomic mass is 9.95. The zero-order chi connectivity index (χ0) is 20.2. The largest absolute Gasteiger partial charge is 0.365 e. The quantitative estimate of drug-likeness (QED) is 0.729. The second kappa shape index (κ2) is 9.17. The predicted octanol–water partition coefficient (Wildman–Crippen LogP) is 0.864. The molecule has 3 aliphatic rings. The van der Waals surface area contributed by atoms with Crippen molar-refractivity contribution >= 4 is 11.8 Å². The Morgan fingerprint density at radius 1 is 1.21 bits per heavy atom. The van der Waals surface area contributed by atoms with Gasteiger partial charge in [0.1, 0.15) is 12.9 Å². The van der Waals surface area contributed by atoms with Crippen LogP contribution in [0.2, 0.25) is 0 Å². The van der Waals surface area contributed by atoms with E-state index in [0.717, 1.165) is 38.4 Å². The van der Waals surface area contributed by atoms with Crippen LogP contribution in [-0.4, -0.2) is 83.6 Å². The maximum atomic E-state index is 12.4. The average Bonchev–Trinajstić information content (AvgIpc) is 3.54. The van der Waals surface area contributed by atoms with Gasteiger partial charge in [0.05, 0.1) is 17.4 Å². The first-order chi connectivity index (χ1) is 14.1. The highest BCUT2D eigenvalue weighted by molar-refractivity contribution is 5.94. The van der Waals surface area contributed by atoms with Crippen LogP contribution in [0.4, 0.5) is 0 Å². The van der Waals surface area contributed by atoms with Gasteiger partial charge in [0, 0.05) is 32.4 Å². The molecule has 2 amide bonds. The van der Waals surface area contributed by atoms with E-state index in [4.69, 9.17) is 4.74 Å². The van der Waals surface area contributed by atoms with Crippen LogP contribution in [0.25, 0.3) is 0 Å². The number of likely N-dealkylation sites (tertiary alicyclic amines) is 1. The van der Waals surface area contributed by atoms with E-state index in [1.165, 1.54) is 31.9 Å². The summed E-state index contributed by atoms with van der Waals surface area (Å²) in [6.07, 6.45) is 7.88. The minimum absolute atomic E-state index is 0.0558. The van der Waals surface area contributed by atoms with Crippen LogP contribution in [0.1, 0.15) is 41.7 Å². The highest BCUT2D eigenvalue weighted by atomic mass is 16.5. The Morgan fingerprint density at radius 3 is 2.69 bits per heavy atom. The first kappa shape index (κ1) is 20.2. The number of aromatic nitrogens is 2. The lowest BCUT2D eigenvalue weighted by molar-refractivity contribution is -0.149. The molecule has 0 radical (unpaired) electrons. The Hall–Kier alpha value is -2.06. The number of carbonyl (C=O) groups is 2. The van der Waals surface area contributed by atoms with Gasteiger partial charge in [-0.15, -0.1) is 0 Å². The number of piperidine rings is 1. The maximum Gasteiger partial charge on any atom is 0.254 e. The molecule has 3 heterocycles. The molecule has 0 aromatic carbocycles. The molecule has 158 valence electrons. The third kappa shape index (κ3) is 5.51. The summed E-state index contributed by atoms with van der Waals surface area (Å²) in [5, 5.41) is 2.89. The second-order valence-corrected chi connectivity index (χ2v) is 8.65. The van der Waals surface area contributed by atoms with Crippen molar-refractivity contribution < 1.29 is 14.3 Å². The number of ether oxygens (including phenoxy) is 1. The minimum Gasteiger partial charge on any atom is -0.365 e. The Labute approximate surface area is 172 Å². The van der Waals surface area contributed by atoms with Gasteiger partial charge in [-0.05, 0) is 57.5 Å². The van der Waals surface area contributed by atoms with Gasteiger partial charge in [-0.1, -0.05) is 0 Å². The summed E-state index contributed by atoms with van der Waals surface area (Å²) in [5.74, 6) is 1.35. The van der Waals surface area contributed by atoms with Crippen LogP contribution in [0.5, 0.6) is 0 Å². The normalized spacial score (nSPS) is 24.0. The van der Waals surface area contributed by atoms with Crippen molar-refractivity contribution in [2.24, 2.45) is 11.8 Å². The topological polar surface area (TPSA) is 87.7 Å². The number of rotatable bonds is 7. The zero-order valence-corrected chi connectivity index (χ0v) is 17.2. The van der Waals surface area contributed by atoms with Gasteiger partial charge in [-0.3, -0.25) is 9.59 Å². The van der Waals surface area contributed by atoms with Crippen LogP contribution in [0.15, 0.2) is 12.5 Å². The molecular weight excluding hydrogens is 370 g/mol. The molecule has 1 saturated carbocycles. The number of hydrogen-bond acceptors (Lipinski definition) is 6. The molecule has 8 nitrogen and oxygen atoms in total. The van der Waals surface area contributed by atoms with Crippen molar-refractivity contribution in [3.05, 3.63) is 23.8 Å². The number of amides is 2. The summed E-state index contributed by atoms with van der Waals surface area (Å²) in [7, 11) is 0. The van der Waals surface area contributed by atoms with Gasteiger partial charge in [0.25, 0.3) is 5.91 Å². The van der Waals surface area contributed by atoms with Gasteiger partial charge in [0.2, 0.25) is 5.91 Å². The lowest BCUT2D eigenvalue weighted by Gasteiger charge is -2.38. The number of carbonyl (C=O) groups excluding carboxylic acids is 2. The summed E-state index contributed by atoms with van der Waals surface area (Å²) in [5.41, 5.74) is 1.11. The van der Waals surface area contributed by atoms with Crippen LogP contribution < -0.4 is 5.32 Å². The molecule has 1 aliphatic carbocycles. The molecule has 4 rings (SSSR count). The molecule has 0 spiro atoms. The van der Waals surface area contributed by atoms with Crippen molar-refractivity contribution in [1.29, 1.82) is 0 Å². The van der Waals surface area contributed by atoms with Gasteiger partial charge in [-0.25, -0.2) is 9.97 Å². The van der Waals surface area contributed by atoms with Crippen LogP contribution >= 0.6 is 0 Å². The van der Waals surface area contributed by atoms with Crippen molar-refractivity contribution in [1.82, 2.24) is 25.1 Å². The molecular formula is C21H31N5O3. The number of aryl methyl sites for hydroxylation is 1. The summed E-state index contributed by atoms with van der Waals surface area (Å²) >= 11 is 0. The monoisotopic (exact) mass is 401 g/mol. The summed E-state index contributed by atoms with van der Waals surface area (Å²) in [4.78, 5) is 37.1. The van der Waals surface area contributed by atoms with E-state index in [1.54, 1.807) is 6.92 Å². The Kier molecular flexibility index (Phi) is 6.40. The number of nitrogens with zero attached hydrogens (tertiary/aromatic N) is 4. The SMILES string of the molecule is Cc1ncncc1C(=O)NC[C@@H]1CN(CC2CCN(CC3CC3)CC2)C(=O)CO1. The third-order valence-electron chi connectivity index (χ3n) is 6.26. The van der Waals surface area contributed by atoms with Crippen molar-refractivity contribution in [2.45, 2.75) is 38.7 Å². The second-order valence-electron chi connectivity index (χ2n) is 8.65. The molecule has 1 aromatic rings. The predicted molar refractivity (Wildman–Crippen MR) is 107 cm³/mol. The Balaban J connectivity index is 1.22. The summed E-state index contributed by atoms with van der Waals surface area (Å²) in [6.45, 7) is 7.14. The highest BCUT2D eigenvalue weighted by Gasteiger charge is 2.31. The van der Waals surface area contributed by atoms with Gasteiger partial charge in [0.15, 0.2) is 0 Å². The lowest BCUT2D eigenvalue weighted by Crippen LogP contribution is -2.52. The van der Waals surface area contributed by atoms with E-state index in [2.05, 4.69) is 20.2 Å². The first-order valence-corrected chi connectivity index (χ1v) is 10.7. The molecule has 8 heteroatoms. The van der Waals surface area contributed by atoms with E-state index < -0.39 is 0 Å². The minimum atomic E-state index is -0.210. The molecule has 1 atom stereocenters. The van der Waals surface area contributed by atoms with Crippen molar-refractivity contribution in [3.8, 4) is 0 Å². The molecule has 3 fully saturated rings. The van der Waals surface area contributed by atoms with Crippen molar-refractivity contribution in [2.75, 3.05) is 45.9 Å². The van der Waals surface area contributed by atoms with Gasteiger partial charge < -0.3 is 19.9 Å². The molecule has 29 heavy (non-hydrogen) atoms. The first-order valence-electron chi connectivity index (χ1n) is 10.7. The molecule has 0 bridgehead atoms. The average molecular weight is 402 g/mol. The van der Waals surface area contributed by atoms with Crippen molar-refractivity contribution in [3.63, 3.8) is 0 Å². The van der Waals surface area contributed by atoms with Crippen LogP contribution in [0, 0.1) is 18.8 Å². The van der Waals surface area contributed by atoms with Gasteiger partial charge in [-0.2, -0.15) is 0 Å². The number of morpholine rings is 1. The summed E-state index contributed by atoms with van der Waals surface area (Å²) in [6, 6.07) is 0. The fourth-order valence-electron chi connectivity index (χ4n) is 4.22. The zero-order valence-electron chi connectivity index (χ0n) is 17.2. The highest BCUT2D eigenvalue weighted by Crippen LogP contribution is 2.31. The summed E-state index contributed by atoms with van der Waals surface area (Å²) < 4.78 is 5.65. The molecule has 2 saturated heterocycles. The number of nitrogens with one attached hydrogen (secondary N) is 1. The van der Waals surface area contributed by atoms with E-state index in [-0.39, 0.29) is 24.5 Å².